The first kappa shape index (κ1) is 16.6. The molecule has 21 heavy (non-hydrogen) atoms. The van der Waals surface area contributed by atoms with Gasteiger partial charge in [-0.25, -0.2) is 4.79 Å². The lowest BCUT2D eigenvalue weighted by atomic mass is 10.0. The minimum Gasteiger partial charge on any atom is -0.464 e. The van der Waals surface area contributed by atoms with Gasteiger partial charge in [0.15, 0.2) is 0 Å². The van der Waals surface area contributed by atoms with Crippen LogP contribution in [0, 0.1) is 16.0 Å². The van der Waals surface area contributed by atoms with Gasteiger partial charge in [0.2, 0.25) is 0 Å². The van der Waals surface area contributed by atoms with Crippen molar-refractivity contribution in [3.8, 4) is 0 Å². The van der Waals surface area contributed by atoms with Crippen molar-refractivity contribution in [2.75, 3.05) is 6.61 Å². The van der Waals surface area contributed by atoms with Gasteiger partial charge in [-0.1, -0.05) is 13.8 Å². The fourth-order valence-electron chi connectivity index (χ4n) is 1.69. The molecule has 7 heteroatoms. The zero-order valence-corrected chi connectivity index (χ0v) is 12.2. The predicted octanol–water partition coefficient (Wildman–Crippen LogP) is 1.91. The summed E-state index contributed by atoms with van der Waals surface area (Å²) in [7, 11) is 0. The lowest BCUT2D eigenvalue weighted by molar-refractivity contribution is -0.384. The van der Waals surface area contributed by atoms with Crippen LogP contribution in [0.25, 0.3) is 0 Å². The van der Waals surface area contributed by atoms with Crippen LogP contribution in [-0.2, 0) is 9.53 Å². The molecule has 1 N–H and O–H groups in total. The first-order chi connectivity index (χ1) is 9.86. The number of esters is 1. The SMILES string of the molecule is CCOC(=O)C(NC(=O)c1ccc([N+](=O)[O-])cc1)C(C)C. The number of ether oxygens (including phenoxy) is 1. The molecule has 0 aliphatic rings. The number of nitro groups is 1. The summed E-state index contributed by atoms with van der Waals surface area (Å²) in [6, 6.07) is 4.41. The summed E-state index contributed by atoms with van der Waals surface area (Å²) in [6.07, 6.45) is 0. The number of hydrogen-bond acceptors (Lipinski definition) is 5. The number of nitro benzene ring substituents is 1. The summed E-state index contributed by atoms with van der Waals surface area (Å²) in [5.74, 6) is -1.11. The number of carbonyl (C=O) groups is 2. The van der Waals surface area contributed by atoms with Crippen LogP contribution in [0.3, 0.4) is 0 Å². The molecule has 1 aromatic carbocycles. The first-order valence-electron chi connectivity index (χ1n) is 6.58. The highest BCUT2D eigenvalue weighted by Gasteiger charge is 2.25. The molecule has 0 bridgehead atoms. The standard InChI is InChI=1S/C14H18N2O5/c1-4-21-14(18)12(9(2)3)15-13(17)10-5-7-11(8-6-10)16(19)20/h5-9,12H,4H2,1-3H3,(H,15,17). The highest BCUT2D eigenvalue weighted by Crippen LogP contribution is 2.13. The van der Waals surface area contributed by atoms with E-state index < -0.39 is 22.8 Å². The van der Waals surface area contributed by atoms with Gasteiger partial charge in [0, 0.05) is 17.7 Å². The number of rotatable bonds is 6. The number of nitrogens with one attached hydrogen (secondary N) is 1. The van der Waals surface area contributed by atoms with Crippen molar-refractivity contribution in [2.45, 2.75) is 26.8 Å². The lowest BCUT2D eigenvalue weighted by Gasteiger charge is -2.20. The van der Waals surface area contributed by atoms with Gasteiger partial charge in [-0.2, -0.15) is 0 Å². The third-order valence-electron chi connectivity index (χ3n) is 2.83. The Balaban J connectivity index is 2.82. The molecule has 1 unspecified atom stereocenters. The molecule has 1 atom stereocenters. The molecule has 1 rings (SSSR count). The van der Waals surface area contributed by atoms with E-state index in [1.807, 2.05) is 0 Å². The van der Waals surface area contributed by atoms with Gasteiger partial charge < -0.3 is 10.1 Å². The minimum atomic E-state index is -0.757. The third-order valence-corrected chi connectivity index (χ3v) is 2.83. The van der Waals surface area contributed by atoms with Gasteiger partial charge in [0.05, 0.1) is 11.5 Å². The average molecular weight is 294 g/mol. The lowest BCUT2D eigenvalue weighted by Crippen LogP contribution is -2.45. The highest BCUT2D eigenvalue weighted by atomic mass is 16.6. The normalized spacial score (nSPS) is 11.8. The fourth-order valence-corrected chi connectivity index (χ4v) is 1.69. The summed E-state index contributed by atoms with van der Waals surface area (Å²) >= 11 is 0. The summed E-state index contributed by atoms with van der Waals surface area (Å²) in [5, 5.41) is 13.1. The molecule has 1 aromatic rings. The summed E-state index contributed by atoms with van der Waals surface area (Å²) in [4.78, 5) is 33.8. The van der Waals surface area contributed by atoms with Crippen molar-refractivity contribution in [1.29, 1.82) is 0 Å². The van der Waals surface area contributed by atoms with Gasteiger partial charge in [-0.3, -0.25) is 14.9 Å². The van der Waals surface area contributed by atoms with Crippen LogP contribution < -0.4 is 5.32 Å². The Bertz CT molecular complexity index is 525. The van der Waals surface area contributed by atoms with Gasteiger partial charge in [0.1, 0.15) is 6.04 Å². The molecule has 114 valence electrons. The van der Waals surface area contributed by atoms with Crippen LogP contribution in [-0.4, -0.2) is 29.4 Å². The van der Waals surface area contributed by atoms with Crippen molar-refractivity contribution in [2.24, 2.45) is 5.92 Å². The van der Waals surface area contributed by atoms with Crippen molar-refractivity contribution in [1.82, 2.24) is 5.32 Å². The van der Waals surface area contributed by atoms with Crippen LogP contribution in [0.1, 0.15) is 31.1 Å². The monoisotopic (exact) mass is 294 g/mol. The third kappa shape index (κ3) is 4.55. The smallest absolute Gasteiger partial charge is 0.328 e. The second-order valence-electron chi connectivity index (χ2n) is 4.75. The van der Waals surface area contributed by atoms with Crippen molar-refractivity contribution < 1.29 is 19.2 Å². The molecule has 0 spiro atoms. The number of hydrogen-bond donors (Lipinski definition) is 1. The Kier molecular flexibility index (Phi) is 5.83. The first-order valence-corrected chi connectivity index (χ1v) is 6.58. The van der Waals surface area contributed by atoms with E-state index in [0.29, 0.717) is 0 Å². The van der Waals surface area contributed by atoms with Crippen molar-refractivity contribution in [3.63, 3.8) is 0 Å². The number of amides is 1. The Morgan fingerprint density at radius 3 is 2.29 bits per heavy atom. The van der Waals surface area contributed by atoms with E-state index in [1.54, 1.807) is 20.8 Å². The Labute approximate surface area is 122 Å². The van der Waals surface area contributed by atoms with E-state index >= 15 is 0 Å². The van der Waals surface area contributed by atoms with Crippen LogP contribution in [0.4, 0.5) is 5.69 Å². The molecule has 0 aliphatic heterocycles. The molecular formula is C14H18N2O5. The molecule has 0 heterocycles. The van der Waals surface area contributed by atoms with E-state index in [9.17, 15) is 19.7 Å². The van der Waals surface area contributed by atoms with Crippen LogP contribution in [0.2, 0.25) is 0 Å². The van der Waals surface area contributed by atoms with Crippen molar-refractivity contribution in [3.05, 3.63) is 39.9 Å². The zero-order valence-electron chi connectivity index (χ0n) is 12.2. The molecule has 1 amide bonds. The van der Waals surface area contributed by atoms with Gasteiger partial charge in [-0.15, -0.1) is 0 Å². The maximum Gasteiger partial charge on any atom is 0.328 e. The Hall–Kier alpha value is -2.44. The molecule has 0 aromatic heterocycles. The molecule has 0 fully saturated rings. The molecule has 0 radical (unpaired) electrons. The Morgan fingerprint density at radius 2 is 1.86 bits per heavy atom. The highest BCUT2D eigenvalue weighted by molar-refractivity contribution is 5.97. The van der Waals surface area contributed by atoms with E-state index in [4.69, 9.17) is 4.74 Å². The Morgan fingerprint density at radius 1 is 1.29 bits per heavy atom. The van der Waals surface area contributed by atoms with Gasteiger partial charge >= 0.3 is 5.97 Å². The van der Waals surface area contributed by atoms with E-state index in [-0.39, 0.29) is 23.8 Å². The molecule has 0 saturated carbocycles. The predicted molar refractivity (Wildman–Crippen MR) is 75.8 cm³/mol. The summed E-state index contributed by atoms with van der Waals surface area (Å²) < 4.78 is 4.91. The number of nitrogens with zero attached hydrogens (tertiary/aromatic N) is 1. The minimum absolute atomic E-state index is 0.0997. The van der Waals surface area contributed by atoms with E-state index in [2.05, 4.69) is 5.32 Å². The molecule has 7 nitrogen and oxygen atoms in total. The quantitative estimate of drug-likeness (QED) is 0.491. The summed E-state index contributed by atoms with van der Waals surface area (Å²) in [5.41, 5.74) is 0.146. The van der Waals surface area contributed by atoms with E-state index in [0.717, 1.165) is 0 Å². The molecular weight excluding hydrogens is 276 g/mol. The maximum atomic E-state index is 12.1. The van der Waals surface area contributed by atoms with Crippen molar-refractivity contribution >= 4 is 17.6 Å². The zero-order chi connectivity index (χ0) is 16.0. The van der Waals surface area contributed by atoms with Gasteiger partial charge in [-0.05, 0) is 25.0 Å². The van der Waals surface area contributed by atoms with E-state index in [1.165, 1.54) is 24.3 Å². The van der Waals surface area contributed by atoms with Crippen LogP contribution >= 0.6 is 0 Å². The molecule has 0 saturated heterocycles. The molecule has 0 aliphatic carbocycles. The van der Waals surface area contributed by atoms with Gasteiger partial charge in [0.25, 0.3) is 11.6 Å². The second-order valence-corrected chi connectivity index (χ2v) is 4.75. The topological polar surface area (TPSA) is 98.5 Å². The second kappa shape index (κ2) is 7.37. The van der Waals surface area contributed by atoms with Crippen LogP contribution in [0.15, 0.2) is 24.3 Å². The summed E-state index contributed by atoms with van der Waals surface area (Å²) in [6.45, 7) is 5.50. The number of benzene rings is 1. The fraction of sp³-hybridized carbons (Fsp3) is 0.429. The average Bonchev–Trinajstić information content (AvgIpc) is 2.44. The number of non-ortho nitro benzene ring substituents is 1. The van der Waals surface area contributed by atoms with Crippen LogP contribution in [0.5, 0.6) is 0 Å². The number of carbonyl (C=O) groups excluding carboxylic acids is 2. The maximum absolute atomic E-state index is 12.1. The largest absolute Gasteiger partial charge is 0.464 e.